The van der Waals surface area contributed by atoms with E-state index in [0.29, 0.717) is 30.3 Å². The van der Waals surface area contributed by atoms with E-state index in [0.717, 1.165) is 17.7 Å². The average Bonchev–Trinajstić information content (AvgIpc) is 2.71. The maximum atomic E-state index is 13.2. The highest BCUT2D eigenvalue weighted by Gasteiger charge is 2.38. The van der Waals surface area contributed by atoms with E-state index in [1.807, 2.05) is 45.0 Å². The van der Waals surface area contributed by atoms with Crippen LogP contribution in [0.25, 0.3) is 0 Å². The van der Waals surface area contributed by atoms with Crippen molar-refractivity contribution < 1.29 is 23.7 Å². The van der Waals surface area contributed by atoms with Crippen molar-refractivity contribution in [2.75, 3.05) is 27.9 Å². The van der Waals surface area contributed by atoms with E-state index in [2.05, 4.69) is 17.0 Å². The van der Waals surface area contributed by atoms with Crippen LogP contribution in [-0.4, -0.2) is 44.3 Å². The van der Waals surface area contributed by atoms with Crippen LogP contribution in [0.5, 0.6) is 17.2 Å². The number of benzene rings is 2. The molecule has 2 aromatic rings. The van der Waals surface area contributed by atoms with Crippen LogP contribution in [0.3, 0.4) is 0 Å². The zero-order chi connectivity index (χ0) is 21.9. The Kier molecular flexibility index (Phi) is 6.56. The van der Waals surface area contributed by atoms with E-state index >= 15 is 0 Å². The molecule has 1 aliphatic rings. The standard InChI is InChI=1S/C24H31NO5/c1-24(2,3)30-23(26)18-15-25(13-16-10-8-7-9-11-16)14-17-12-19(27-4)21(28-5)22(29-6)20(17)18/h7-12,18H,13-15H2,1-6H3. The van der Waals surface area contributed by atoms with Crippen molar-refractivity contribution in [3.8, 4) is 17.2 Å². The minimum atomic E-state index is -0.581. The highest BCUT2D eigenvalue weighted by Crippen LogP contribution is 2.47. The second-order valence-corrected chi connectivity index (χ2v) is 8.46. The highest BCUT2D eigenvalue weighted by molar-refractivity contribution is 5.82. The number of methoxy groups -OCH3 is 3. The summed E-state index contributed by atoms with van der Waals surface area (Å²) < 4.78 is 22.6. The van der Waals surface area contributed by atoms with Crippen molar-refractivity contribution in [1.82, 2.24) is 4.90 Å². The van der Waals surface area contributed by atoms with E-state index in [1.54, 1.807) is 21.3 Å². The van der Waals surface area contributed by atoms with Crippen LogP contribution in [-0.2, 0) is 22.6 Å². The summed E-state index contributed by atoms with van der Waals surface area (Å²) in [7, 11) is 4.75. The lowest BCUT2D eigenvalue weighted by Crippen LogP contribution is -2.39. The number of carbonyl (C=O) groups is 1. The summed E-state index contributed by atoms with van der Waals surface area (Å²) >= 11 is 0. The Hall–Kier alpha value is -2.73. The molecule has 6 heteroatoms. The van der Waals surface area contributed by atoms with Gasteiger partial charge in [-0.1, -0.05) is 30.3 Å². The molecule has 0 aromatic heterocycles. The SMILES string of the molecule is COc1cc2c(c(OC)c1OC)C(C(=O)OC(C)(C)C)CN(Cc1ccccc1)C2. The Bertz CT molecular complexity index is 889. The number of fused-ring (bicyclic) bond motifs is 1. The van der Waals surface area contributed by atoms with Gasteiger partial charge in [-0.15, -0.1) is 0 Å². The van der Waals surface area contributed by atoms with Crippen LogP contribution in [0.15, 0.2) is 36.4 Å². The zero-order valence-electron chi connectivity index (χ0n) is 18.7. The molecule has 1 aliphatic heterocycles. The minimum absolute atomic E-state index is 0.271. The van der Waals surface area contributed by atoms with E-state index in [1.165, 1.54) is 5.56 Å². The van der Waals surface area contributed by atoms with Crippen LogP contribution >= 0.6 is 0 Å². The van der Waals surface area contributed by atoms with Gasteiger partial charge in [0.15, 0.2) is 11.5 Å². The first kappa shape index (κ1) is 22.0. The van der Waals surface area contributed by atoms with E-state index < -0.39 is 11.5 Å². The Morgan fingerprint density at radius 3 is 2.27 bits per heavy atom. The number of ether oxygens (including phenoxy) is 4. The van der Waals surface area contributed by atoms with Gasteiger partial charge in [-0.05, 0) is 38.0 Å². The van der Waals surface area contributed by atoms with Crippen molar-refractivity contribution in [1.29, 1.82) is 0 Å². The number of hydrogen-bond acceptors (Lipinski definition) is 6. The fraction of sp³-hybridized carbons (Fsp3) is 0.458. The van der Waals surface area contributed by atoms with Gasteiger partial charge >= 0.3 is 5.97 Å². The third kappa shape index (κ3) is 4.70. The zero-order valence-corrected chi connectivity index (χ0v) is 18.7. The number of esters is 1. The molecule has 0 aliphatic carbocycles. The van der Waals surface area contributed by atoms with Gasteiger partial charge < -0.3 is 18.9 Å². The molecule has 1 heterocycles. The lowest BCUT2D eigenvalue weighted by Gasteiger charge is -2.36. The fourth-order valence-corrected chi connectivity index (χ4v) is 3.92. The van der Waals surface area contributed by atoms with Crippen molar-refractivity contribution in [3.05, 3.63) is 53.1 Å². The van der Waals surface area contributed by atoms with E-state index in [-0.39, 0.29) is 5.97 Å². The molecule has 0 N–H and O–H groups in total. The minimum Gasteiger partial charge on any atom is -0.493 e. The molecule has 3 rings (SSSR count). The molecule has 0 spiro atoms. The molecule has 6 nitrogen and oxygen atoms in total. The number of rotatable bonds is 6. The third-order valence-corrected chi connectivity index (χ3v) is 5.08. The van der Waals surface area contributed by atoms with Crippen molar-refractivity contribution in [2.24, 2.45) is 0 Å². The normalized spacial score (nSPS) is 16.5. The molecule has 1 unspecified atom stereocenters. The summed E-state index contributed by atoms with van der Waals surface area (Å²) in [4.78, 5) is 15.5. The summed E-state index contributed by atoms with van der Waals surface area (Å²) in [6.45, 7) is 7.56. The van der Waals surface area contributed by atoms with Crippen molar-refractivity contribution >= 4 is 5.97 Å². The van der Waals surface area contributed by atoms with Crippen LogP contribution in [0.1, 0.15) is 43.4 Å². The molecular weight excluding hydrogens is 382 g/mol. The molecule has 0 fully saturated rings. The second kappa shape index (κ2) is 8.96. The molecular formula is C24H31NO5. The van der Waals surface area contributed by atoms with Crippen molar-refractivity contribution in [3.63, 3.8) is 0 Å². The molecule has 0 radical (unpaired) electrons. The predicted molar refractivity (Wildman–Crippen MR) is 115 cm³/mol. The molecule has 0 saturated carbocycles. The quantitative estimate of drug-likeness (QED) is 0.663. The molecule has 162 valence electrons. The van der Waals surface area contributed by atoms with Gasteiger partial charge in [-0.3, -0.25) is 9.69 Å². The van der Waals surface area contributed by atoms with Gasteiger partial charge in [0.05, 0.1) is 27.2 Å². The second-order valence-electron chi connectivity index (χ2n) is 8.46. The first-order chi connectivity index (χ1) is 14.3. The van der Waals surface area contributed by atoms with Crippen LogP contribution in [0.4, 0.5) is 0 Å². The predicted octanol–water partition coefficient (Wildman–Crippen LogP) is 4.15. The number of nitrogens with zero attached hydrogens (tertiary/aromatic N) is 1. The maximum absolute atomic E-state index is 13.2. The van der Waals surface area contributed by atoms with Gasteiger partial charge in [-0.2, -0.15) is 0 Å². The summed E-state index contributed by atoms with van der Waals surface area (Å²) in [6.07, 6.45) is 0. The van der Waals surface area contributed by atoms with E-state index in [9.17, 15) is 4.79 Å². The summed E-state index contributed by atoms with van der Waals surface area (Å²) in [5.74, 6) is 0.835. The van der Waals surface area contributed by atoms with Gasteiger partial charge in [0, 0.05) is 25.2 Å². The first-order valence-electron chi connectivity index (χ1n) is 10.1. The molecule has 2 aromatic carbocycles. The van der Waals surface area contributed by atoms with Crippen LogP contribution in [0.2, 0.25) is 0 Å². The van der Waals surface area contributed by atoms with Crippen LogP contribution in [0, 0.1) is 0 Å². The fourth-order valence-electron chi connectivity index (χ4n) is 3.92. The Morgan fingerprint density at radius 1 is 1.03 bits per heavy atom. The monoisotopic (exact) mass is 413 g/mol. The summed E-state index contributed by atoms with van der Waals surface area (Å²) in [6, 6.07) is 12.2. The number of hydrogen-bond donors (Lipinski definition) is 0. The smallest absolute Gasteiger partial charge is 0.315 e. The van der Waals surface area contributed by atoms with Gasteiger partial charge in [0.2, 0.25) is 5.75 Å². The molecule has 0 bridgehead atoms. The van der Waals surface area contributed by atoms with Gasteiger partial charge in [0.1, 0.15) is 5.60 Å². The average molecular weight is 414 g/mol. The van der Waals surface area contributed by atoms with Gasteiger partial charge in [0.25, 0.3) is 0 Å². The largest absolute Gasteiger partial charge is 0.493 e. The van der Waals surface area contributed by atoms with Crippen LogP contribution < -0.4 is 14.2 Å². The third-order valence-electron chi connectivity index (χ3n) is 5.08. The topological polar surface area (TPSA) is 57.2 Å². The van der Waals surface area contributed by atoms with Crippen molar-refractivity contribution in [2.45, 2.75) is 45.4 Å². The summed E-state index contributed by atoms with van der Waals surface area (Å²) in [5, 5.41) is 0. The number of carbonyl (C=O) groups excluding carboxylic acids is 1. The molecule has 0 amide bonds. The molecule has 30 heavy (non-hydrogen) atoms. The Labute approximate surface area is 178 Å². The first-order valence-corrected chi connectivity index (χ1v) is 10.1. The molecule has 0 saturated heterocycles. The van der Waals surface area contributed by atoms with E-state index in [4.69, 9.17) is 18.9 Å². The summed E-state index contributed by atoms with van der Waals surface area (Å²) in [5.41, 5.74) is 2.40. The lowest BCUT2D eigenvalue weighted by molar-refractivity contribution is -0.157. The maximum Gasteiger partial charge on any atom is 0.315 e. The Balaban J connectivity index is 2.07. The van der Waals surface area contributed by atoms with Gasteiger partial charge in [-0.25, -0.2) is 0 Å². The lowest BCUT2D eigenvalue weighted by atomic mass is 9.87. The highest BCUT2D eigenvalue weighted by atomic mass is 16.6. The molecule has 1 atom stereocenters. The Morgan fingerprint density at radius 2 is 1.70 bits per heavy atom.